The van der Waals surface area contributed by atoms with Gasteiger partial charge in [0.1, 0.15) is 5.56 Å². The number of alkyl halides is 3. The highest BCUT2D eigenvalue weighted by molar-refractivity contribution is 7.99. The van der Waals surface area contributed by atoms with Crippen molar-refractivity contribution in [1.29, 1.82) is 0 Å². The largest absolute Gasteiger partial charge is 0.454 e. The first-order valence-corrected chi connectivity index (χ1v) is 14.4. The number of amides is 1. The summed E-state index contributed by atoms with van der Waals surface area (Å²) in [4.78, 5) is 30.0. The van der Waals surface area contributed by atoms with Gasteiger partial charge in [0.05, 0.1) is 11.3 Å². The normalized spacial score (nSPS) is 17.2. The van der Waals surface area contributed by atoms with Gasteiger partial charge in [0, 0.05) is 47.1 Å². The second-order valence-electron chi connectivity index (χ2n) is 10.7. The van der Waals surface area contributed by atoms with Crippen molar-refractivity contribution < 1.29 is 27.4 Å². The summed E-state index contributed by atoms with van der Waals surface area (Å²) in [6, 6.07) is 18.4. The number of rotatable bonds is 2. The van der Waals surface area contributed by atoms with E-state index in [9.17, 15) is 22.8 Å². The average molecular weight is 591 g/mol. The molecule has 4 heterocycles. The first-order chi connectivity index (χ1) is 20.2. The maximum Gasteiger partial charge on any atom is 0.416 e. The van der Waals surface area contributed by atoms with Crippen molar-refractivity contribution in [2.24, 2.45) is 0 Å². The number of ether oxygens (including phenoxy) is 2. The maximum atomic E-state index is 14.1. The number of fused-ring (bicyclic) bond motifs is 5. The van der Waals surface area contributed by atoms with Crippen LogP contribution in [0.15, 0.2) is 76.4 Å². The number of carbonyl (C=O) groups excluding carboxylic acids is 1. The summed E-state index contributed by atoms with van der Waals surface area (Å²) >= 11 is 1.40. The second kappa shape index (κ2) is 9.97. The zero-order chi connectivity index (χ0) is 29.2. The molecule has 0 saturated carbocycles. The van der Waals surface area contributed by atoms with Gasteiger partial charge in [0.15, 0.2) is 16.9 Å². The number of aromatic nitrogens is 1. The van der Waals surface area contributed by atoms with Crippen LogP contribution in [0.3, 0.4) is 0 Å². The highest BCUT2D eigenvalue weighted by atomic mass is 32.2. The monoisotopic (exact) mass is 590 g/mol. The highest BCUT2D eigenvalue weighted by Gasteiger charge is 2.35. The molecule has 10 heteroatoms. The number of benzene rings is 3. The van der Waals surface area contributed by atoms with E-state index in [4.69, 9.17) is 9.47 Å². The number of hydrogen-bond donors (Lipinski definition) is 0. The molecule has 7 rings (SSSR count). The lowest BCUT2D eigenvalue weighted by Crippen LogP contribution is -2.39. The summed E-state index contributed by atoms with van der Waals surface area (Å²) in [5.41, 5.74) is 2.95. The molecule has 0 spiro atoms. The van der Waals surface area contributed by atoms with Crippen molar-refractivity contribution >= 4 is 17.7 Å². The Kier molecular flexibility index (Phi) is 6.34. The molecule has 1 amide bonds. The lowest BCUT2D eigenvalue weighted by molar-refractivity contribution is -0.137. The van der Waals surface area contributed by atoms with Crippen molar-refractivity contribution in [2.45, 2.75) is 42.6 Å². The maximum absolute atomic E-state index is 14.1. The summed E-state index contributed by atoms with van der Waals surface area (Å²) in [6.45, 7) is 2.59. The highest BCUT2D eigenvalue weighted by Crippen LogP contribution is 2.47. The molecule has 0 radical (unpaired) electrons. The van der Waals surface area contributed by atoms with E-state index < -0.39 is 23.1 Å². The predicted octanol–water partition coefficient (Wildman–Crippen LogP) is 6.48. The van der Waals surface area contributed by atoms with E-state index in [1.165, 1.54) is 23.9 Å². The SMILES string of the molecule is Cc1cc(=O)c(C(=O)N2CCc3ccccc3C2)c2n1-c1cc(C(F)(F)F)ccc1SC(c1ccc3c(c1)OCO3)C2. The van der Waals surface area contributed by atoms with Crippen LogP contribution in [0.25, 0.3) is 5.69 Å². The van der Waals surface area contributed by atoms with Crippen LogP contribution < -0.4 is 14.9 Å². The Hall–Kier alpha value is -4.18. The van der Waals surface area contributed by atoms with Crippen LogP contribution in [0.2, 0.25) is 0 Å². The van der Waals surface area contributed by atoms with E-state index in [2.05, 4.69) is 0 Å². The van der Waals surface area contributed by atoms with Gasteiger partial charge >= 0.3 is 6.18 Å². The molecular formula is C32H25F3N2O4S. The van der Waals surface area contributed by atoms with E-state index in [0.29, 0.717) is 53.0 Å². The number of carbonyl (C=O) groups is 1. The molecule has 0 aliphatic carbocycles. The summed E-state index contributed by atoms with van der Waals surface area (Å²) < 4.78 is 54.4. The van der Waals surface area contributed by atoms with Crippen LogP contribution in [-0.2, 0) is 25.6 Å². The van der Waals surface area contributed by atoms with E-state index in [1.807, 2.05) is 36.4 Å². The topological polar surface area (TPSA) is 60.8 Å². The molecule has 0 bridgehead atoms. The zero-order valence-corrected chi connectivity index (χ0v) is 23.3. The Labute approximate surface area is 243 Å². The van der Waals surface area contributed by atoms with E-state index in [0.717, 1.165) is 28.8 Å². The first-order valence-electron chi connectivity index (χ1n) is 13.6. The van der Waals surface area contributed by atoms with Gasteiger partial charge in [-0.3, -0.25) is 9.59 Å². The van der Waals surface area contributed by atoms with Gasteiger partial charge in [-0.2, -0.15) is 13.2 Å². The Bertz CT molecular complexity index is 1820. The lowest BCUT2D eigenvalue weighted by atomic mass is 9.97. The molecule has 0 N–H and O–H groups in total. The fraction of sp³-hybridized carbons (Fsp3) is 0.250. The second-order valence-corrected chi connectivity index (χ2v) is 11.9. The van der Waals surface area contributed by atoms with Gasteiger partial charge in [0.25, 0.3) is 5.91 Å². The standard InChI is InChI=1S/C32H25F3N2O4S/c1-18-12-25(38)30(31(39)36-11-10-19-4-2-3-5-21(19)16-36)24-15-29(20-6-8-26-27(13-20)41-17-40-26)42-28-9-7-22(32(33,34)35)14-23(28)37(18)24/h2-9,12-14,29H,10-11,15-17H2,1H3. The Morgan fingerprint density at radius 2 is 1.76 bits per heavy atom. The average Bonchev–Trinajstić information content (AvgIpc) is 3.37. The molecular weight excluding hydrogens is 565 g/mol. The van der Waals surface area contributed by atoms with Crippen LogP contribution in [-0.4, -0.2) is 28.7 Å². The molecule has 3 aliphatic rings. The van der Waals surface area contributed by atoms with E-state index in [-0.39, 0.29) is 24.0 Å². The fourth-order valence-electron chi connectivity index (χ4n) is 6.02. The fourth-order valence-corrected chi connectivity index (χ4v) is 7.26. The van der Waals surface area contributed by atoms with Crippen molar-refractivity contribution in [3.8, 4) is 17.2 Å². The van der Waals surface area contributed by atoms with E-state index >= 15 is 0 Å². The van der Waals surface area contributed by atoms with Gasteiger partial charge in [-0.05, 0) is 60.4 Å². The van der Waals surface area contributed by atoms with Crippen molar-refractivity contribution in [2.75, 3.05) is 13.3 Å². The minimum Gasteiger partial charge on any atom is -0.454 e. The predicted molar refractivity (Wildman–Crippen MR) is 152 cm³/mol. The molecule has 4 aromatic rings. The molecule has 6 nitrogen and oxygen atoms in total. The molecule has 1 atom stereocenters. The zero-order valence-electron chi connectivity index (χ0n) is 22.5. The molecule has 214 valence electrons. The van der Waals surface area contributed by atoms with Crippen LogP contribution in [0.5, 0.6) is 11.5 Å². The smallest absolute Gasteiger partial charge is 0.416 e. The molecule has 1 unspecified atom stereocenters. The van der Waals surface area contributed by atoms with E-state index in [1.54, 1.807) is 22.5 Å². The Morgan fingerprint density at radius 1 is 0.976 bits per heavy atom. The third-order valence-corrected chi connectivity index (χ3v) is 9.40. The van der Waals surface area contributed by atoms with Gasteiger partial charge in [0.2, 0.25) is 6.79 Å². The number of pyridine rings is 1. The number of aryl methyl sites for hydroxylation is 1. The van der Waals surface area contributed by atoms with Gasteiger partial charge < -0.3 is 18.9 Å². The quantitative estimate of drug-likeness (QED) is 0.268. The Balaban J connectivity index is 1.40. The number of thioether (sulfide) groups is 1. The van der Waals surface area contributed by atoms with Crippen LogP contribution in [0, 0.1) is 6.92 Å². The lowest BCUT2D eigenvalue weighted by Gasteiger charge is -2.30. The minimum atomic E-state index is -4.56. The Morgan fingerprint density at radius 3 is 2.57 bits per heavy atom. The van der Waals surface area contributed by atoms with Crippen LogP contribution >= 0.6 is 11.8 Å². The van der Waals surface area contributed by atoms with Crippen molar-refractivity contribution in [3.63, 3.8) is 0 Å². The summed E-state index contributed by atoms with van der Waals surface area (Å²) in [7, 11) is 0. The van der Waals surface area contributed by atoms with Gasteiger partial charge in [-0.25, -0.2) is 0 Å². The molecule has 42 heavy (non-hydrogen) atoms. The van der Waals surface area contributed by atoms with Gasteiger partial charge in [-0.1, -0.05) is 30.3 Å². The molecule has 0 saturated heterocycles. The molecule has 0 fully saturated rings. The van der Waals surface area contributed by atoms with Crippen LogP contribution in [0.4, 0.5) is 13.2 Å². The third kappa shape index (κ3) is 4.54. The third-order valence-electron chi connectivity index (χ3n) is 8.07. The number of hydrogen-bond acceptors (Lipinski definition) is 5. The molecule has 1 aromatic heterocycles. The van der Waals surface area contributed by atoms with Crippen molar-refractivity contribution in [1.82, 2.24) is 9.47 Å². The van der Waals surface area contributed by atoms with Crippen LogP contribution in [0.1, 0.15) is 49.2 Å². The summed E-state index contributed by atoms with van der Waals surface area (Å²) in [5, 5.41) is -0.321. The first kappa shape index (κ1) is 26.7. The summed E-state index contributed by atoms with van der Waals surface area (Å²) in [5.74, 6) is 0.777. The number of halogens is 3. The van der Waals surface area contributed by atoms with Crippen molar-refractivity contribution in [3.05, 3.63) is 116 Å². The number of nitrogens with zero attached hydrogens (tertiary/aromatic N) is 2. The minimum absolute atomic E-state index is 0.00316. The molecule has 3 aliphatic heterocycles. The van der Waals surface area contributed by atoms with Gasteiger partial charge in [-0.15, -0.1) is 11.8 Å². The molecule has 3 aromatic carbocycles. The summed E-state index contributed by atoms with van der Waals surface area (Å²) in [6.07, 6.45) is -3.66.